The van der Waals surface area contributed by atoms with Crippen molar-refractivity contribution in [1.82, 2.24) is 0 Å². The van der Waals surface area contributed by atoms with Gasteiger partial charge in [0, 0.05) is 0 Å². The molecule has 0 spiro atoms. The van der Waals surface area contributed by atoms with Crippen LogP contribution in [0.25, 0.3) is 0 Å². The van der Waals surface area contributed by atoms with Crippen molar-refractivity contribution in [1.29, 1.82) is 0 Å². The second-order valence-electron chi connectivity index (χ2n) is 10.6. The number of aryl methyl sites for hydroxylation is 2. The van der Waals surface area contributed by atoms with Gasteiger partial charge in [0.05, 0.1) is 19.6 Å². The summed E-state index contributed by atoms with van der Waals surface area (Å²) in [5, 5.41) is 0. The number of carbonyl (C=O) groups excluding carboxylic acids is 1. The van der Waals surface area contributed by atoms with Crippen LogP contribution in [0.3, 0.4) is 0 Å². The fourth-order valence-corrected chi connectivity index (χ4v) is 4.99. The standard InChI is InChI=1S/C30H38O7/c1-19-12-26(13-20(2)30(19)35-18-28-17-34-28)36-21(3)14-29(31)37-25-10-6-23(7-11-25)22-4-8-24(9-5-22)32-15-27-16-33-27/h4-5,8-9,12-13,21,23,25,27-28H,6-7,10-11,14-18H2,1-3H3. The van der Waals surface area contributed by atoms with Crippen LogP contribution in [-0.2, 0) is 19.0 Å². The third-order valence-corrected chi connectivity index (χ3v) is 7.20. The normalized spacial score (nSPS) is 25.2. The van der Waals surface area contributed by atoms with Gasteiger partial charge in [0.2, 0.25) is 0 Å². The quantitative estimate of drug-likeness (QED) is 0.284. The zero-order chi connectivity index (χ0) is 25.8. The van der Waals surface area contributed by atoms with E-state index < -0.39 is 0 Å². The number of esters is 1. The molecule has 2 saturated heterocycles. The minimum atomic E-state index is -0.276. The summed E-state index contributed by atoms with van der Waals surface area (Å²) in [6, 6.07) is 12.3. The molecule has 0 bridgehead atoms. The van der Waals surface area contributed by atoms with Gasteiger partial charge in [0.1, 0.15) is 54.9 Å². The molecule has 3 atom stereocenters. The summed E-state index contributed by atoms with van der Waals surface area (Å²) in [4.78, 5) is 12.6. The molecule has 0 N–H and O–H groups in total. The summed E-state index contributed by atoms with van der Waals surface area (Å²) in [5.74, 6) is 2.79. The Morgan fingerprint density at radius 3 is 2.08 bits per heavy atom. The lowest BCUT2D eigenvalue weighted by atomic mass is 9.83. The maximum absolute atomic E-state index is 12.6. The van der Waals surface area contributed by atoms with E-state index in [0.29, 0.717) is 19.1 Å². The van der Waals surface area contributed by atoms with E-state index in [-0.39, 0.29) is 36.8 Å². The molecule has 3 aliphatic rings. The number of carbonyl (C=O) groups is 1. The maximum atomic E-state index is 12.6. The van der Waals surface area contributed by atoms with Crippen LogP contribution >= 0.6 is 0 Å². The fourth-order valence-electron chi connectivity index (χ4n) is 4.99. The summed E-state index contributed by atoms with van der Waals surface area (Å²) in [7, 11) is 0. The zero-order valence-electron chi connectivity index (χ0n) is 22.1. The van der Waals surface area contributed by atoms with Crippen molar-refractivity contribution >= 4 is 5.97 Å². The molecule has 0 aromatic heterocycles. The average Bonchev–Trinajstić information content (AvgIpc) is 3.79. The molecule has 7 nitrogen and oxygen atoms in total. The van der Waals surface area contributed by atoms with Crippen molar-refractivity contribution in [3.8, 4) is 17.2 Å². The molecular weight excluding hydrogens is 472 g/mol. The van der Waals surface area contributed by atoms with E-state index in [4.69, 9.17) is 28.4 Å². The highest BCUT2D eigenvalue weighted by Crippen LogP contribution is 2.35. The molecule has 200 valence electrons. The van der Waals surface area contributed by atoms with Crippen molar-refractivity contribution in [2.75, 3.05) is 26.4 Å². The third kappa shape index (κ3) is 7.62. The Labute approximate surface area is 219 Å². The lowest BCUT2D eigenvalue weighted by molar-refractivity contribution is -0.152. The van der Waals surface area contributed by atoms with Gasteiger partial charge in [-0.2, -0.15) is 0 Å². The van der Waals surface area contributed by atoms with Crippen LogP contribution in [0.4, 0.5) is 0 Å². The van der Waals surface area contributed by atoms with Crippen LogP contribution < -0.4 is 14.2 Å². The van der Waals surface area contributed by atoms with Gasteiger partial charge in [0.25, 0.3) is 0 Å². The van der Waals surface area contributed by atoms with Crippen LogP contribution in [-0.4, -0.2) is 56.8 Å². The average molecular weight is 511 g/mol. The Balaban J connectivity index is 1.03. The predicted molar refractivity (Wildman–Crippen MR) is 139 cm³/mol. The van der Waals surface area contributed by atoms with Gasteiger partial charge in [-0.15, -0.1) is 0 Å². The first kappa shape index (κ1) is 25.9. The monoisotopic (exact) mass is 510 g/mol. The van der Waals surface area contributed by atoms with Crippen molar-refractivity contribution < 1.29 is 33.2 Å². The van der Waals surface area contributed by atoms with Crippen LogP contribution in [0.5, 0.6) is 17.2 Å². The SMILES string of the molecule is Cc1cc(OC(C)CC(=O)OC2CCC(c3ccc(OCC4CO4)cc3)CC2)cc(C)c1OCC1CO1. The lowest BCUT2D eigenvalue weighted by Crippen LogP contribution is -2.26. The van der Waals surface area contributed by atoms with Crippen LogP contribution in [0.2, 0.25) is 0 Å². The zero-order valence-corrected chi connectivity index (χ0v) is 22.1. The maximum Gasteiger partial charge on any atom is 0.309 e. The summed E-state index contributed by atoms with van der Waals surface area (Å²) >= 11 is 0. The van der Waals surface area contributed by atoms with E-state index in [9.17, 15) is 4.79 Å². The first-order valence-corrected chi connectivity index (χ1v) is 13.5. The number of epoxide rings is 2. The van der Waals surface area contributed by atoms with Gasteiger partial charge >= 0.3 is 5.97 Å². The highest BCUT2D eigenvalue weighted by atomic mass is 16.6. The van der Waals surface area contributed by atoms with Gasteiger partial charge in [0.15, 0.2) is 0 Å². The molecule has 2 heterocycles. The minimum Gasteiger partial charge on any atom is -0.491 e. The smallest absolute Gasteiger partial charge is 0.309 e. The highest BCUT2D eigenvalue weighted by molar-refractivity contribution is 5.70. The van der Waals surface area contributed by atoms with E-state index in [1.165, 1.54) is 5.56 Å². The van der Waals surface area contributed by atoms with E-state index in [2.05, 4.69) is 12.1 Å². The van der Waals surface area contributed by atoms with Crippen molar-refractivity contribution in [3.05, 3.63) is 53.1 Å². The predicted octanol–water partition coefficient (Wildman–Crippen LogP) is 5.29. The van der Waals surface area contributed by atoms with Crippen LogP contribution in [0, 0.1) is 13.8 Å². The topological polar surface area (TPSA) is 79.1 Å². The Hall–Kier alpha value is -2.77. The Kier molecular flexibility index (Phi) is 8.20. The largest absolute Gasteiger partial charge is 0.491 e. The van der Waals surface area contributed by atoms with Crippen LogP contribution in [0.15, 0.2) is 36.4 Å². The van der Waals surface area contributed by atoms with Gasteiger partial charge in [-0.3, -0.25) is 4.79 Å². The molecule has 2 aliphatic heterocycles. The summed E-state index contributed by atoms with van der Waals surface area (Å²) in [5.41, 5.74) is 3.35. The summed E-state index contributed by atoms with van der Waals surface area (Å²) in [6.07, 6.45) is 4.20. The molecule has 0 amide bonds. The van der Waals surface area contributed by atoms with E-state index in [1.54, 1.807) is 0 Å². The Bertz CT molecular complexity index is 1030. The Morgan fingerprint density at radius 2 is 1.49 bits per heavy atom. The number of ether oxygens (including phenoxy) is 6. The molecule has 37 heavy (non-hydrogen) atoms. The fraction of sp³-hybridized carbons (Fsp3) is 0.567. The van der Waals surface area contributed by atoms with Crippen molar-refractivity contribution in [2.45, 2.75) is 83.2 Å². The van der Waals surface area contributed by atoms with Gasteiger partial charge in [-0.1, -0.05) is 12.1 Å². The minimum absolute atomic E-state index is 0.0199. The van der Waals surface area contributed by atoms with Crippen molar-refractivity contribution in [3.63, 3.8) is 0 Å². The molecule has 3 fully saturated rings. The lowest BCUT2D eigenvalue weighted by Gasteiger charge is -2.29. The van der Waals surface area contributed by atoms with E-state index in [0.717, 1.165) is 67.3 Å². The Morgan fingerprint density at radius 1 is 0.892 bits per heavy atom. The molecule has 2 aromatic carbocycles. The van der Waals surface area contributed by atoms with Crippen molar-refractivity contribution in [2.24, 2.45) is 0 Å². The van der Waals surface area contributed by atoms with Crippen LogP contribution in [0.1, 0.15) is 61.6 Å². The third-order valence-electron chi connectivity index (χ3n) is 7.20. The van der Waals surface area contributed by atoms with Gasteiger partial charge < -0.3 is 28.4 Å². The molecule has 2 aromatic rings. The van der Waals surface area contributed by atoms with E-state index in [1.807, 2.05) is 45.0 Å². The number of rotatable bonds is 12. The molecular formula is C30H38O7. The van der Waals surface area contributed by atoms with E-state index >= 15 is 0 Å². The first-order chi connectivity index (χ1) is 17.9. The number of benzene rings is 2. The molecule has 5 rings (SSSR count). The molecule has 3 unspecified atom stereocenters. The molecule has 7 heteroatoms. The second kappa shape index (κ2) is 11.7. The molecule has 0 radical (unpaired) electrons. The summed E-state index contributed by atoms with van der Waals surface area (Å²) < 4.78 is 33.9. The van der Waals surface area contributed by atoms with Gasteiger partial charge in [-0.25, -0.2) is 0 Å². The number of hydrogen-bond acceptors (Lipinski definition) is 7. The summed E-state index contributed by atoms with van der Waals surface area (Å²) in [6.45, 7) is 8.69. The van der Waals surface area contributed by atoms with Gasteiger partial charge in [-0.05, 0) is 93.3 Å². The highest BCUT2D eigenvalue weighted by Gasteiger charge is 2.27. The number of hydrogen-bond donors (Lipinski definition) is 0. The first-order valence-electron chi connectivity index (χ1n) is 13.5. The molecule has 1 saturated carbocycles. The molecule has 1 aliphatic carbocycles. The second-order valence-corrected chi connectivity index (χ2v) is 10.6.